The number of hydrogen-bond donors (Lipinski definition) is 1. The Balaban J connectivity index is 1.67. The summed E-state index contributed by atoms with van der Waals surface area (Å²) in [5.41, 5.74) is 5.24. The number of fused-ring (bicyclic) bond motifs is 1. The molecule has 0 atom stereocenters. The maximum atomic E-state index is 14.8. The normalized spacial score (nSPS) is 16.3. The standard InChI is InChI=1S/C28H21F3N6O3/c1-36-22-5-4-15(10-20(22)28(30,31)26(36)38)24-18(14-33)12-23(37-8-6-19(7-9-37)40-27(34)39)35-25(24)16-2-3-17(13-32)21(29)11-16/h2-5,10-12,19H,6-9H2,1H3,(H2,34,39). The van der Waals surface area contributed by atoms with Gasteiger partial charge >= 0.3 is 17.9 Å². The average molecular weight is 547 g/mol. The van der Waals surface area contributed by atoms with Gasteiger partial charge in [-0.3, -0.25) is 4.79 Å². The third kappa shape index (κ3) is 4.43. The number of hydrogen-bond acceptors (Lipinski definition) is 7. The molecule has 2 aromatic carbocycles. The van der Waals surface area contributed by atoms with Gasteiger partial charge in [0.2, 0.25) is 0 Å². The van der Waals surface area contributed by atoms with E-state index in [9.17, 15) is 28.0 Å². The number of halogens is 3. The second-order valence-corrected chi connectivity index (χ2v) is 9.46. The van der Waals surface area contributed by atoms with Crippen molar-refractivity contribution in [3.05, 3.63) is 65.0 Å². The molecule has 1 aromatic heterocycles. The van der Waals surface area contributed by atoms with E-state index in [0.29, 0.717) is 31.7 Å². The summed E-state index contributed by atoms with van der Waals surface area (Å²) in [7, 11) is 1.25. The number of ether oxygens (including phenoxy) is 1. The molecule has 3 heterocycles. The van der Waals surface area contributed by atoms with Gasteiger partial charge in [0, 0.05) is 44.1 Å². The fourth-order valence-corrected chi connectivity index (χ4v) is 5.07. The molecule has 2 aliphatic rings. The molecule has 0 saturated carbocycles. The van der Waals surface area contributed by atoms with Crippen molar-refractivity contribution in [2.75, 3.05) is 29.9 Å². The maximum absolute atomic E-state index is 14.8. The van der Waals surface area contributed by atoms with E-state index in [2.05, 4.69) is 6.07 Å². The summed E-state index contributed by atoms with van der Waals surface area (Å²) in [6, 6.07) is 13.2. The van der Waals surface area contributed by atoms with Crippen molar-refractivity contribution in [1.82, 2.24) is 4.98 Å². The summed E-state index contributed by atoms with van der Waals surface area (Å²) < 4.78 is 49.5. The van der Waals surface area contributed by atoms with E-state index < -0.39 is 29.3 Å². The molecule has 2 amide bonds. The third-order valence-corrected chi connectivity index (χ3v) is 7.10. The van der Waals surface area contributed by atoms with E-state index in [1.54, 1.807) is 6.07 Å². The molecule has 2 aliphatic heterocycles. The topological polar surface area (TPSA) is 136 Å². The van der Waals surface area contributed by atoms with Crippen LogP contribution in [0.4, 0.5) is 29.5 Å². The predicted molar refractivity (Wildman–Crippen MR) is 138 cm³/mol. The Kier molecular flexibility index (Phi) is 6.56. The Morgan fingerprint density at radius 1 is 1.07 bits per heavy atom. The number of pyridine rings is 1. The molecular weight excluding hydrogens is 525 g/mol. The molecule has 5 rings (SSSR count). The fourth-order valence-electron chi connectivity index (χ4n) is 5.07. The minimum absolute atomic E-state index is 0.0360. The van der Waals surface area contributed by atoms with Gasteiger partial charge in [0.25, 0.3) is 0 Å². The first-order valence-corrected chi connectivity index (χ1v) is 12.2. The lowest BCUT2D eigenvalue weighted by molar-refractivity contribution is -0.141. The number of benzene rings is 2. The summed E-state index contributed by atoms with van der Waals surface area (Å²) in [5, 5.41) is 19.3. The lowest BCUT2D eigenvalue weighted by Crippen LogP contribution is -2.39. The highest BCUT2D eigenvalue weighted by atomic mass is 19.3. The largest absolute Gasteiger partial charge is 0.446 e. The number of carbonyl (C=O) groups excluding carboxylic acids is 2. The van der Waals surface area contributed by atoms with Gasteiger partial charge in [0.15, 0.2) is 0 Å². The molecule has 1 saturated heterocycles. The molecule has 2 N–H and O–H groups in total. The van der Waals surface area contributed by atoms with E-state index in [1.807, 2.05) is 4.90 Å². The molecule has 12 heteroatoms. The second kappa shape index (κ2) is 9.89. The highest BCUT2D eigenvalue weighted by molar-refractivity contribution is 6.06. The van der Waals surface area contributed by atoms with E-state index >= 15 is 0 Å². The van der Waals surface area contributed by atoms with Gasteiger partial charge in [-0.2, -0.15) is 19.3 Å². The van der Waals surface area contributed by atoms with Crippen LogP contribution in [0.25, 0.3) is 22.4 Å². The van der Waals surface area contributed by atoms with Crippen molar-refractivity contribution in [3.8, 4) is 34.5 Å². The zero-order chi connectivity index (χ0) is 28.8. The van der Waals surface area contributed by atoms with Crippen LogP contribution in [0.2, 0.25) is 0 Å². The average Bonchev–Trinajstić information content (AvgIpc) is 3.11. The number of likely N-dealkylation sites (N-methyl/N-ethyl adjacent to an activating group) is 1. The number of nitrogens with two attached hydrogens (primary N) is 1. The molecule has 0 aliphatic carbocycles. The number of carbonyl (C=O) groups is 2. The van der Waals surface area contributed by atoms with Crippen molar-refractivity contribution in [2.24, 2.45) is 5.73 Å². The SMILES string of the molecule is CN1C(=O)C(F)(F)c2cc(-c3c(C#N)cc(N4CCC(OC(N)=O)CC4)nc3-c3ccc(C#N)c(F)c3)ccc21. The van der Waals surface area contributed by atoms with E-state index in [0.717, 1.165) is 17.0 Å². The van der Waals surface area contributed by atoms with Crippen LogP contribution in [0.3, 0.4) is 0 Å². The van der Waals surface area contributed by atoms with Gasteiger partial charge < -0.3 is 20.3 Å². The van der Waals surface area contributed by atoms with Gasteiger partial charge in [0.1, 0.15) is 23.8 Å². The van der Waals surface area contributed by atoms with Crippen LogP contribution in [0, 0.1) is 28.5 Å². The van der Waals surface area contributed by atoms with Crippen molar-refractivity contribution in [1.29, 1.82) is 10.5 Å². The number of aromatic nitrogens is 1. The third-order valence-electron chi connectivity index (χ3n) is 7.10. The minimum atomic E-state index is -3.77. The van der Waals surface area contributed by atoms with Crippen molar-refractivity contribution in [2.45, 2.75) is 24.9 Å². The number of nitrogens with zero attached hydrogens (tertiary/aromatic N) is 5. The summed E-state index contributed by atoms with van der Waals surface area (Å²) in [5.74, 6) is -5.57. The summed E-state index contributed by atoms with van der Waals surface area (Å²) >= 11 is 0. The Hall–Kier alpha value is -5.10. The molecule has 0 bridgehead atoms. The lowest BCUT2D eigenvalue weighted by atomic mass is 9.92. The number of alkyl halides is 2. The smallest absolute Gasteiger partial charge is 0.404 e. The summed E-state index contributed by atoms with van der Waals surface area (Å²) in [6.07, 6.45) is -0.331. The number of amides is 2. The first-order valence-electron chi connectivity index (χ1n) is 12.2. The second-order valence-electron chi connectivity index (χ2n) is 9.46. The van der Waals surface area contributed by atoms with Gasteiger partial charge in [-0.25, -0.2) is 14.2 Å². The number of anilines is 2. The molecule has 0 unspecified atom stereocenters. The lowest BCUT2D eigenvalue weighted by Gasteiger charge is -2.32. The van der Waals surface area contributed by atoms with Crippen molar-refractivity contribution < 1.29 is 27.5 Å². The van der Waals surface area contributed by atoms with Crippen molar-refractivity contribution >= 4 is 23.5 Å². The summed E-state index contributed by atoms with van der Waals surface area (Å²) in [6.45, 7) is 0.825. The van der Waals surface area contributed by atoms with Gasteiger partial charge in [-0.1, -0.05) is 12.1 Å². The molecule has 0 radical (unpaired) electrons. The number of rotatable bonds is 4. The fraction of sp³-hybridized carbons (Fsp3) is 0.250. The number of piperidine rings is 1. The van der Waals surface area contributed by atoms with Gasteiger partial charge in [0.05, 0.1) is 34.1 Å². The number of nitriles is 2. The monoisotopic (exact) mass is 546 g/mol. The quantitative estimate of drug-likeness (QED) is 0.511. The minimum Gasteiger partial charge on any atom is -0.446 e. The first-order chi connectivity index (χ1) is 19.0. The molecule has 0 spiro atoms. The molecule has 3 aromatic rings. The Morgan fingerprint density at radius 2 is 1.75 bits per heavy atom. The van der Waals surface area contributed by atoms with Gasteiger partial charge in [-0.15, -0.1) is 0 Å². The Morgan fingerprint density at radius 3 is 2.38 bits per heavy atom. The molecule has 202 valence electrons. The Labute approximate surface area is 226 Å². The van der Waals surface area contributed by atoms with Crippen LogP contribution in [0.15, 0.2) is 42.5 Å². The van der Waals surface area contributed by atoms with Crippen LogP contribution in [-0.2, 0) is 15.5 Å². The van der Waals surface area contributed by atoms with Crippen LogP contribution < -0.4 is 15.5 Å². The summed E-state index contributed by atoms with van der Waals surface area (Å²) in [4.78, 5) is 30.7. The molecule has 40 heavy (non-hydrogen) atoms. The van der Waals surface area contributed by atoms with Crippen LogP contribution >= 0.6 is 0 Å². The first kappa shape index (κ1) is 26.5. The zero-order valence-electron chi connectivity index (χ0n) is 21.1. The molecule has 1 fully saturated rings. The Bertz CT molecular complexity index is 1640. The highest BCUT2D eigenvalue weighted by Gasteiger charge is 2.51. The van der Waals surface area contributed by atoms with Crippen LogP contribution in [-0.4, -0.2) is 43.2 Å². The van der Waals surface area contributed by atoms with Gasteiger partial charge in [-0.05, 0) is 35.9 Å². The van der Waals surface area contributed by atoms with Crippen molar-refractivity contribution in [3.63, 3.8) is 0 Å². The predicted octanol–water partition coefficient (Wildman–Crippen LogP) is 4.43. The highest BCUT2D eigenvalue weighted by Crippen LogP contribution is 2.46. The maximum Gasteiger partial charge on any atom is 0.404 e. The zero-order valence-corrected chi connectivity index (χ0v) is 21.1. The van der Waals surface area contributed by atoms with E-state index in [4.69, 9.17) is 20.7 Å². The van der Waals surface area contributed by atoms with Crippen LogP contribution in [0.1, 0.15) is 29.5 Å². The molecular formula is C28H21F3N6O3. The van der Waals surface area contributed by atoms with E-state index in [1.165, 1.54) is 37.4 Å². The number of primary amides is 1. The van der Waals surface area contributed by atoms with E-state index in [-0.39, 0.29) is 45.3 Å². The molecule has 9 nitrogen and oxygen atoms in total. The van der Waals surface area contributed by atoms with Crippen LogP contribution in [0.5, 0.6) is 0 Å².